The number of carbonyl (C=O) groups is 1. The van der Waals surface area contributed by atoms with Gasteiger partial charge in [0.25, 0.3) is 0 Å². The second-order valence-corrected chi connectivity index (χ2v) is 8.46. The summed E-state index contributed by atoms with van der Waals surface area (Å²) in [4.78, 5) is 20.8. The molecule has 2 amide bonds. The average Bonchev–Trinajstić information content (AvgIpc) is 3.33. The van der Waals surface area contributed by atoms with E-state index >= 15 is 0 Å². The van der Waals surface area contributed by atoms with Gasteiger partial charge in [-0.25, -0.2) is 23.2 Å². The summed E-state index contributed by atoms with van der Waals surface area (Å²) < 4.78 is 34.8. The van der Waals surface area contributed by atoms with Gasteiger partial charge in [0.1, 0.15) is 24.1 Å². The Hall–Kier alpha value is -4.83. The summed E-state index contributed by atoms with van der Waals surface area (Å²) in [5.74, 6) is -0.329. The number of nitrogens with zero attached hydrogens (tertiary/aromatic N) is 4. The standard InChI is InChI=1S/C27H19ClF2N6O2/c28-19-3-1-17(2-4-19)24-14-25(36(35-24)22-8-5-20(29)6-9-22)34-27(37)33-21-7-10-23(30)18(13-21)16-38-26-15-31-11-12-32-26/h1-15H,16H2,(H2,33,34,37). The summed E-state index contributed by atoms with van der Waals surface area (Å²) in [5, 5.41) is 10.6. The lowest BCUT2D eigenvalue weighted by Gasteiger charge is -2.12. The highest BCUT2D eigenvalue weighted by molar-refractivity contribution is 6.30. The zero-order chi connectivity index (χ0) is 26.5. The Balaban J connectivity index is 1.36. The number of amides is 2. The van der Waals surface area contributed by atoms with Crippen molar-refractivity contribution in [3.63, 3.8) is 0 Å². The normalized spacial score (nSPS) is 10.7. The number of nitrogens with one attached hydrogen (secondary N) is 2. The second kappa shape index (κ2) is 11.1. The third-order valence-electron chi connectivity index (χ3n) is 5.38. The molecule has 0 fully saturated rings. The van der Waals surface area contributed by atoms with Crippen LogP contribution >= 0.6 is 11.6 Å². The number of rotatable bonds is 7. The lowest BCUT2D eigenvalue weighted by atomic mass is 10.1. The molecule has 2 heterocycles. The fraction of sp³-hybridized carbons (Fsp3) is 0.0370. The predicted octanol–water partition coefficient (Wildman–Crippen LogP) is 6.48. The van der Waals surface area contributed by atoms with Crippen molar-refractivity contribution in [1.29, 1.82) is 0 Å². The molecule has 190 valence electrons. The van der Waals surface area contributed by atoms with Gasteiger partial charge in [-0.2, -0.15) is 5.10 Å². The lowest BCUT2D eigenvalue weighted by molar-refractivity contribution is 0.262. The second-order valence-electron chi connectivity index (χ2n) is 8.03. The summed E-state index contributed by atoms with van der Waals surface area (Å²) in [6.07, 6.45) is 4.37. The Morgan fingerprint density at radius 1 is 0.947 bits per heavy atom. The first-order valence-electron chi connectivity index (χ1n) is 11.3. The monoisotopic (exact) mass is 532 g/mol. The number of hydrogen-bond acceptors (Lipinski definition) is 5. The van der Waals surface area contributed by atoms with E-state index in [1.165, 1.54) is 53.6 Å². The summed E-state index contributed by atoms with van der Waals surface area (Å²) >= 11 is 6.00. The van der Waals surface area contributed by atoms with Gasteiger partial charge < -0.3 is 10.1 Å². The third kappa shape index (κ3) is 5.93. The first kappa shape index (κ1) is 24.8. The number of ether oxygens (including phenoxy) is 1. The molecule has 0 radical (unpaired) electrons. The fourth-order valence-corrected chi connectivity index (χ4v) is 3.69. The quantitative estimate of drug-likeness (QED) is 0.250. The van der Waals surface area contributed by atoms with Crippen LogP contribution in [-0.4, -0.2) is 25.8 Å². The minimum atomic E-state index is -0.594. The molecule has 2 N–H and O–H groups in total. The van der Waals surface area contributed by atoms with Crippen LogP contribution in [0.2, 0.25) is 5.02 Å². The van der Waals surface area contributed by atoms with Gasteiger partial charge in [-0.05, 0) is 54.6 Å². The molecule has 0 saturated heterocycles. The predicted molar refractivity (Wildman–Crippen MR) is 139 cm³/mol. The minimum absolute atomic E-state index is 0.108. The molecular weight excluding hydrogens is 514 g/mol. The molecule has 0 spiro atoms. The van der Waals surface area contributed by atoms with E-state index in [1.807, 2.05) is 0 Å². The molecule has 5 aromatic rings. The summed E-state index contributed by atoms with van der Waals surface area (Å²) in [6, 6.07) is 17.9. The Kier molecular flexibility index (Phi) is 7.23. The highest BCUT2D eigenvalue weighted by atomic mass is 35.5. The van der Waals surface area contributed by atoms with E-state index in [-0.39, 0.29) is 18.1 Å². The molecule has 0 aliphatic heterocycles. The molecule has 0 bridgehead atoms. The zero-order valence-corrected chi connectivity index (χ0v) is 20.4. The number of hydrogen-bond donors (Lipinski definition) is 2. The Bertz CT molecular complexity index is 1560. The van der Waals surface area contributed by atoms with E-state index in [0.717, 1.165) is 5.56 Å². The molecule has 0 unspecified atom stereocenters. The molecule has 0 aliphatic carbocycles. The van der Waals surface area contributed by atoms with Crippen LogP contribution in [0, 0.1) is 11.6 Å². The maximum absolute atomic E-state index is 14.3. The molecule has 0 saturated carbocycles. The molecule has 38 heavy (non-hydrogen) atoms. The first-order valence-corrected chi connectivity index (χ1v) is 11.7. The van der Waals surface area contributed by atoms with Gasteiger partial charge >= 0.3 is 6.03 Å². The third-order valence-corrected chi connectivity index (χ3v) is 5.63. The van der Waals surface area contributed by atoms with Crippen LogP contribution < -0.4 is 15.4 Å². The van der Waals surface area contributed by atoms with Crippen molar-refractivity contribution in [2.45, 2.75) is 6.61 Å². The number of halogens is 3. The van der Waals surface area contributed by atoms with E-state index in [4.69, 9.17) is 16.3 Å². The van der Waals surface area contributed by atoms with Gasteiger partial charge in [-0.15, -0.1) is 0 Å². The van der Waals surface area contributed by atoms with E-state index in [0.29, 0.717) is 27.9 Å². The van der Waals surface area contributed by atoms with Crippen molar-refractivity contribution in [3.05, 3.63) is 114 Å². The van der Waals surface area contributed by atoms with Gasteiger partial charge in [-0.1, -0.05) is 23.7 Å². The average molecular weight is 533 g/mol. The van der Waals surface area contributed by atoms with Gasteiger partial charge in [-0.3, -0.25) is 10.3 Å². The van der Waals surface area contributed by atoms with Gasteiger partial charge in [0.05, 0.1) is 17.6 Å². The summed E-state index contributed by atoms with van der Waals surface area (Å²) in [7, 11) is 0. The molecular formula is C27H19ClF2N6O2. The molecule has 5 rings (SSSR count). The highest BCUT2D eigenvalue weighted by Crippen LogP contribution is 2.26. The van der Waals surface area contributed by atoms with Crippen LogP contribution in [0.25, 0.3) is 16.9 Å². The largest absolute Gasteiger partial charge is 0.472 e. The maximum atomic E-state index is 14.3. The molecule has 11 heteroatoms. The smallest absolute Gasteiger partial charge is 0.324 e. The molecule has 0 atom stereocenters. The highest BCUT2D eigenvalue weighted by Gasteiger charge is 2.15. The van der Waals surface area contributed by atoms with Crippen molar-refractivity contribution in [2.24, 2.45) is 0 Å². The van der Waals surface area contributed by atoms with Crippen LogP contribution in [0.15, 0.2) is 91.4 Å². The van der Waals surface area contributed by atoms with Gasteiger partial charge in [0.15, 0.2) is 0 Å². The topological polar surface area (TPSA) is 94.0 Å². The number of carbonyl (C=O) groups excluding carboxylic acids is 1. The Morgan fingerprint density at radius 2 is 1.74 bits per heavy atom. The minimum Gasteiger partial charge on any atom is -0.472 e. The summed E-state index contributed by atoms with van der Waals surface area (Å²) in [6.45, 7) is -0.108. The first-order chi connectivity index (χ1) is 18.4. The van der Waals surface area contributed by atoms with Crippen molar-refractivity contribution < 1.29 is 18.3 Å². The molecule has 8 nitrogen and oxygen atoms in total. The summed E-state index contributed by atoms with van der Waals surface area (Å²) in [5.41, 5.74) is 2.42. The van der Waals surface area contributed by atoms with E-state index in [9.17, 15) is 13.6 Å². The fourth-order valence-electron chi connectivity index (χ4n) is 3.56. The zero-order valence-electron chi connectivity index (χ0n) is 19.6. The van der Waals surface area contributed by atoms with Crippen LogP contribution in [0.5, 0.6) is 5.88 Å². The molecule has 2 aromatic heterocycles. The van der Waals surface area contributed by atoms with Gasteiger partial charge in [0.2, 0.25) is 5.88 Å². The number of urea groups is 1. The maximum Gasteiger partial charge on any atom is 0.324 e. The number of aromatic nitrogens is 4. The van der Waals surface area contributed by atoms with Crippen LogP contribution in [0.3, 0.4) is 0 Å². The SMILES string of the molecule is O=C(Nc1ccc(F)c(COc2cnccn2)c1)Nc1cc(-c2ccc(Cl)cc2)nn1-c1ccc(F)cc1. The van der Waals surface area contributed by atoms with Crippen molar-refractivity contribution >= 4 is 29.1 Å². The van der Waals surface area contributed by atoms with Crippen LogP contribution in [0.4, 0.5) is 25.1 Å². The molecule has 3 aromatic carbocycles. The van der Waals surface area contributed by atoms with Gasteiger partial charge in [0, 0.05) is 40.3 Å². The van der Waals surface area contributed by atoms with Crippen molar-refractivity contribution in [3.8, 4) is 22.8 Å². The Morgan fingerprint density at radius 3 is 2.47 bits per heavy atom. The molecule has 0 aliphatic rings. The lowest BCUT2D eigenvalue weighted by Crippen LogP contribution is -2.21. The van der Waals surface area contributed by atoms with Crippen LogP contribution in [0.1, 0.15) is 5.56 Å². The van der Waals surface area contributed by atoms with Crippen molar-refractivity contribution in [2.75, 3.05) is 10.6 Å². The number of anilines is 2. The van der Waals surface area contributed by atoms with E-state index < -0.39 is 17.7 Å². The van der Waals surface area contributed by atoms with Crippen molar-refractivity contribution in [1.82, 2.24) is 19.7 Å². The van der Waals surface area contributed by atoms with E-state index in [1.54, 1.807) is 42.5 Å². The number of benzene rings is 3. The van der Waals surface area contributed by atoms with Crippen LogP contribution in [-0.2, 0) is 6.61 Å². The Labute approximate surface area is 220 Å². The van der Waals surface area contributed by atoms with E-state index in [2.05, 4.69) is 25.7 Å².